The molecule has 4 aliphatic carbocycles. The van der Waals surface area contributed by atoms with Gasteiger partial charge >= 0.3 is 0 Å². The van der Waals surface area contributed by atoms with Gasteiger partial charge < -0.3 is 15.4 Å². The van der Waals surface area contributed by atoms with Crippen molar-refractivity contribution in [3.63, 3.8) is 0 Å². The first-order valence-corrected chi connectivity index (χ1v) is 7.08. The summed E-state index contributed by atoms with van der Waals surface area (Å²) in [5.74, 6) is 0.344. The van der Waals surface area contributed by atoms with Gasteiger partial charge in [-0.3, -0.25) is 0 Å². The molecule has 21 heavy (non-hydrogen) atoms. The minimum absolute atomic E-state index is 0.0235. The lowest BCUT2D eigenvalue weighted by atomic mass is 9.42. The Bertz CT molecular complexity index is 450. The van der Waals surface area contributed by atoms with E-state index in [1.54, 1.807) is 0 Å². The standard InChI is InChI=1S/C12H19N3O6/c13-12-3-9-1-10(5-12,7-20-14(16)17)4-11(2-9,6-12)8-21-15(18)19/h9H,1-8,13H2. The van der Waals surface area contributed by atoms with Crippen molar-refractivity contribution in [2.45, 2.75) is 44.1 Å². The normalized spacial score (nSPS) is 43.6. The third kappa shape index (κ3) is 2.61. The van der Waals surface area contributed by atoms with Crippen molar-refractivity contribution < 1.29 is 19.8 Å². The molecule has 0 aromatic rings. The van der Waals surface area contributed by atoms with Gasteiger partial charge in [-0.05, 0) is 55.3 Å². The Morgan fingerprint density at radius 1 is 0.952 bits per heavy atom. The molecule has 4 saturated carbocycles. The second-order valence-electron chi connectivity index (χ2n) is 7.37. The van der Waals surface area contributed by atoms with Crippen molar-refractivity contribution in [1.29, 1.82) is 0 Å². The van der Waals surface area contributed by atoms with Gasteiger partial charge in [0.05, 0.1) is 0 Å². The Labute approximate surface area is 121 Å². The van der Waals surface area contributed by atoms with Gasteiger partial charge in [-0.15, -0.1) is 20.2 Å². The second kappa shape index (κ2) is 4.43. The summed E-state index contributed by atoms with van der Waals surface area (Å²) in [7, 11) is 0. The van der Waals surface area contributed by atoms with Gasteiger partial charge in [0.25, 0.3) is 10.2 Å². The third-order valence-corrected chi connectivity index (χ3v) is 5.29. The van der Waals surface area contributed by atoms with Gasteiger partial charge in [0.2, 0.25) is 0 Å². The van der Waals surface area contributed by atoms with Crippen molar-refractivity contribution in [3.8, 4) is 0 Å². The van der Waals surface area contributed by atoms with Crippen LogP contribution in [0.15, 0.2) is 0 Å². The van der Waals surface area contributed by atoms with E-state index >= 15 is 0 Å². The fraction of sp³-hybridized carbons (Fsp3) is 1.00. The van der Waals surface area contributed by atoms with Crippen molar-refractivity contribution in [2.24, 2.45) is 22.5 Å². The Morgan fingerprint density at radius 2 is 1.43 bits per heavy atom. The first-order chi connectivity index (χ1) is 9.74. The SMILES string of the molecule is NC12CC3CC(CO[N+](=O)[O-])(C1)CC(CO[N+](=O)[O-])(C3)C2. The molecule has 4 bridgehead atoms. The Hall–Kier alpha value is -1.64. The zero-order valence-electron chi connectivity index (χ0n) is 11.7. The summed E-state index contributed by atoms with van der Waals surface area (Å²) in [6, 6.07) is 0. The van der Waals surface area contributed by atoms with E-state index < -0.39 is 15.7 Å². The van der Waals surface area contributed by atoms with E-state index in [4.69, 9.17) is 5.73 Å². The molecule has 0 heterocycles. The molecular formula is C12H19N3O6. The molecule has 0 radical (unpaired) electrons. The predicted molar refractivity (Wildman–Crippen MR) is 68.9 cm³/mol. The van der Waals surface area contributed by atoms with Crippen LogP contribution in [-0.2, 0) is 9.68 Å². The van der Waals surface area contributed by atoms with Crippen LogP contribution in [0.3, 0.4) is 0 Å². The van der Waals surface area contributed by atoms with Gasteiger partial charge in [-0.25, -0.2) is 0 Å². The first-order valence-electron chi connectivity index (χ1n) is 7.08. The molecule has 2 atom stereocenters. The maximum Gasteiger partial charge on any atom is 0.294 e. The van der Waals surface area contributed by atoms with Crippen molar-refractivity contribution in [3.05, 3.63) is 20.2 Å². The quantitative estimate of drug-likeness (QED) is 0.573. The Morgan fingerprint density at radius 3 is 1.81 bits per heavy atom. The molecule has 2 unspecified atom stereocenters. The summed E-state index contributed by atoms with van der Waals surface area (Å²) in [4.78, 5) is 30.3. The molecular weight excluding hydrogens is 282 g/mol. The monoisotopic (exact) mass is 301 g/mol. The van der Waals surface area contributed by atoms with E-state index in [2.05, 4.69) is 9.68 Å². The lowest BCUT2D eigenvalue weighted by Gasteiger charge is -2.65. The highest BCUT2D eigenvalue weighted by atomic mass is 17.0. The largest absolute Gasteiger partial charge is 0.325 e. The smallest absolute Gasteiger partial charge is 0.294 e. The van der Waals surface area contributed by atoms with E-state index in [-0.39, 0.29) is 24.0 Å². The van der Waals surface area contributed by atoms with Gasteiger partial charge in [0.1, 0.15) is 13.2 Å². The fourth-order valence-electron chi connectivity index (χ4n) is 5.63. The molecule has 9 heteroatoms. The zero-order valence-corrected chi connectivity index (χ0v) is 11.7. The summed E-state index contributed by atoms with van der Waals surface area (Å²) < 4.78 is 0. The summed E-state index contributed by atoms with van der Waals surface area (Å²) in [6.45, 7) is 0.0470. The molecule has 0 saturated heterocycles. The highest BCUT2D eigenvalue weighted by Crippen LogP contribution is 2.66. The molecule has 4 fully saturated rings. The molecule has 0 spiro atoms. The predicted octanol–water partition coefficient (Wildman–Crippen LogP) is 1.07. The van der Waals surface area contributed by atoms with Crippen molar-refractivity contribution in [2.75, 3.05) is 13.2 Å². The van der Waals surface area contributed by atoms with Crippen LogP contribution in [-0.4, -0.2) is 28.9 Å². The molecule has 4 aliphatic rings. The van der Waals surface area contributed by atoms with E-state index in [1.165, 1.54) is 0 Å². The average molecular weight is 301 g/mol. The van der Waals surface area contributed by atoms with Crippen LogP contribution in [0.25, 0.3) is 0 Å². The zero-order chi connectivity index (χ0) is 15.3. The maximum absolute atomic E-state index is 10.5. The molecule has 9 nitrogen and oxygen atoms in total. The number of nitrogens with zero attached hydrogens (tertiary/aromatic N) is 2. The second-order valence-corrected chi connectivity index (χ2v) is 7.37. The van der Waals surface area contributed by atoms with E-state index in [0.717, 1.165) is 19.3 Å². The van der Waals surface area contributed by atoms with Crippen LogP contribution in [0.4, 0.5) is 0 Å². The maximum atomic E-state index is 10.5. The van der Waals surface area contributed by atoms with Crippen LogP contribution >= 0.6 is 0 Å². The van der Waals surface area contributed by atoms with Gasteiger partial charge in [-0.2, -0.15) is 0 Å². The lowest BCUT2D eigenvalue weighted by Crippen LogP contribution is -2.65. The minimum Gasteiger partial charge on any atom is -0.325 e. The van der Waals surface area contributed by atoms with E-state index in [0.29, 0.717) is 25.2 Å². The average Bonchev–Trinajstić information content (AvgIpc) is 2.31. The van der Waals surface area contributed by atoms with Gasteiger partial charge in [0.15, 0.2) is 0 Å². The molecule has 0 aromatic heterocycles. The van der Waals surface area contributed by atoms with Crippen LogP contribution in [0.5, 0.6) is 0 Å². The first kappa shape index (κ1) is 14.3. The molecule has 118 valence electrons. The Balaban J connectivity index is 1.81. The molecule has 2 N–H and O–H groups in total. The Kier molecular flexibility index (Phi) is 3.01. The van der Waals surface area contributed by atoms with Crippen LogP contribution in [0, 0.1) is 37.0 Å². The lowest BCUT2D eigenvalue weighted by molar-refractivity contribution is -0.764. The number of hydrogen-bond acceptors (Lipinski definition) is 7. The van der Waals surface area contributed by atoms with Crippen LogP contribution < -0.4 is 5.73 Å². The summed E-state index contributed by atoms with van der Waals surface area (Å²) in [5.41, 5.74) is 5.36. The van der Waals surface area contributed by atoms with Gasteiger partial charge in [-0.1, -0.05) is 0 Å². The third-order valence-electron chi connectivity index (χ3n) is 5.29. The van der Waals surface area contributed by atoms with E-state index in [9.17, 15) is 20.2 Å². The summed E-state index contributed by atoms with van der Waals surface area (Å²) in [5, 5.41) is 19.5. The highest BCUT2D eigenvalue weighted by molar-refractivity contribution is 5.15. The van der Waals surface area contributed by atoms with Crippen LogP contribution in [0.2, 0.25) is 0 Å². The van der Waals surface area contributed by atoms with Crippen molar-refractivity contribution >= 4 is 0 Å². The number of nitrogens with two attached hydrogens (primary N) is 1. The summed E-state index contributed by atoms with van der Waals surface area (Å²) in [6.07, 6.45) is 4.60. The van der Waals surface area contributed by atoms with Gasteiger partial charge in [0, 0.05) is 5.54 Å². The fourth-order valence-corrected chi connectivity index (χ4v) is 5.63. The minimum atomic E-state index is -0.776. The molecule has 0 aromatic carbocycles. The number of hydrogen-bond donors (Lipinski definition) is 1. The summed E-state index contributed by atoms with van der Waals surface area (Å²) >= 11 is 0. The van der Waals surface area contributed by atoms with Crippen molar-refractivity contribution in [1.82, 2.24) is 0 Å². The van der Waals surface area contributed by atoms with Crippen LogP contribution in [0.1, 0.15) is 38.5 Å². The highest BCUT2D eigenvalue weighted by Gasteiger charge is 2.62. The molecule has 0 aliphatic heterocycles. The molecule has 0 amide bonds. The topological polar surface area (TPSA) is 131 Å². The van der Waals surface area contributed by atoms with E-state index in [1.807, 2.05) is 0 Å². The molecule has 4 rings (SSSR count). The number of rotatable bonds is 6.